The molecule has 0 spiro atoms. The van der Waals surface area contributed by atoms with E-state index in [1.807, 2.05) is 0 Å². The van der Waals surface area contributed by atoms with Gasteiger partial charge in [-0.1, -0.05) is 60.8 Å². The highest BCUT2D eigenvalue weighted by Gasteiger charge is 2.37. The van der Waals surface area contributed by atoms with Gasteiger partial charge in [0.15, 0.2) is 11.7 Å². The Morgan fingerprint density at radius 1 is 1.02 bits per heavy atom. The number of rotatable bonds is 5. The number of hydrogen-bond acceptors (Lipinski definition) is 6. The van der Waals surface area contributed by atoms with Crippen LogP contribution in [0.25, 0.3) is 22.4 Å². The average molecular weight is 607 g/mol. The van der Waals surface area contributed by atoms with Gasteiger partial charge in [0.05, 0.1) is 17.3 Å². The molecule has 2 heterocycles. The topological polar surface area (TPSA) is 86.8 Å². The summed E-state index contributed by atoms with van der Waals surface area (Å²) in [6.07, 6.45) is 3.61. The van der Waals surface area contributed by atoms with E-state index < -0.39 is 5.60 Å². The Morgan fingerprint density at radius 2 is 1.58 bits per heavy atom. The summed E-state index contributed by atoms with van der Waals surface area (Å²) in [5.74, 6) is 1.32. The van der Waals surface area contributed by atoms with Gasteiger partial charge in [-0.25, -0.2) is 9.37 Å². The summed E-state index contributed by atoms with van der Waals surface area (Å²) < 4.78 is 22.2. The van der Waals surface area contributed by atoms with Crippen molar-refractivity contribution in [3.8, 4) is 22.4 Å². The molecule has 0 fully saturated rings. The molecule has 1 aromatic heterocycles. The molecule has 2 N–H and O–H groups in total. The number of carbonyl (C=O) groups is 1. The smallest absolute Gasteiger partial charge is 0.290 e. The lowest BCUT2D eigenvalue weighted by Crippen LogP contribution is -2.25. The third-order valence-electron chi connectivity index (χ3n) is 7.14. The van der Waals surface area contributed by atoms with Crippen LogP contribution in [0.5, 0.6) is 0 Å². The number of hydrogen-bond donors (Lipinski definition) is 2. The van der Waals surface area contributed by atoms with Gasteiger partial charge in [-0.3, -0.25) is 4.79 Å². The summed E-state index contributed by atoms with van der Waals surface area (Å²) in [6, 6.07) is 15.4. The number of anilines is 1. The second kappa shape index (κ2) is 14.2. The fraction of sp³-hybridized carbons (Fsp3) is 0.371. The van der Waals surface area contributed by atoms with E-state index in [4.69, 9.17) is 24.4 Å². The van der Waals surface area contributed by atoms with Gasteiger partial charge in [0.25, 0.3) is 6.47 Å². The molecule has 1 atom stereocenters. The van der Waals surface area contributed by atoms with Crippen molar-refractivity contribution >= 4 is 24.1 Å². The van der Waals surface area contributed by atoms with E-state index in [9.17, 15) is 4.39 Å². The van der Waals surface area contributed by atoms with Crippen molar-refractivity contribution < 1.29 is 23.8 Å². The Labute approximate surface area is 259 Å². The summed E-state index contributed by atoms with van der Waals surface area (Å²) in [5, 5.41) is 15.4. The van der Waals surface area contributed by atoms with Gasteiger partial charge in [-0.2, -0.15) is 0 Å². The molecular formula is C35H43FN2O4S. The number of nitrogens with zero attached hydrogens (tertiary/aromatic N) is 2. The standard InChI is InChI=1S/C30H31FN2OS.C4H10O.CH2O2/c1-7-24-18(3)29-27(19(4)26(24)22-12-8-17(2)9-13-22)28-30(20(5)33(29)35-6)34-25(32-28)16-21-10-14-23(31)15-11-21;1-4(2,3)5;2-1-3/h8-15,20H,7,16H2,1-6H3;5H,1-3H3;1H,(H,2,3). The Bertz CT molecular complexity index is 1530. The van der Waals surface area contributed by atoms with Crippen LogP contribution in [0.2, 0.25) is 0 Å². The maximum Gasteiger partial charge on any atom is 0.290 e. The monoisotopic (exact) mass is 606 g/mol. The highest BCUT2D eigenvalue weighted by molar-refractivity contribution is 8.00. The minimum atomic E-state index is -0.500. The SMILES string of the molecule is CC(C)(C)O.CCc1c(C)c2c(c(C)c1-c1ccc(C)cc1)-c1nc(Cc3ccc(F)cc3)oc1C(C)N2SC.O=CO. The second-order valence-corrected chi connectivity index (χ2v) is 12.4. The number of halogens is 1. The molecule has 8 heteroatoms. The summed E-state index contributed by atoms with van der Waals surface area (Å²) in [4.78, 5) is 13.4. The van der Waals surface area contributed by atoms with Crippen LogP contribution in [0.4, 0.5) is 10.1 Å². The van der Waals surface area contributed by atoms with E-state index in [2.05, 4.69) is 69.4 Å². The molecule has 4 aromatic rings. The van der Waals surface area contributed by atoms with Crippen molar-refractivity contribution in [1.82, 2.24) is 4.98 Å². The molecule has 3 aromatic carbocycles. The largest absolute Gasteiger partial charge is 0.483 e. The number of fused-ring (bicyclic) bond motifs is 3. The van der Waals surface area contributed by atoms with Crippen LogP contribution >= 0.6 is 11.9 Å². The highest BCUT2D eigenvalue weighted by atomic mass is 32.2. The number of aromatic nitrogens is 1. The average Bonchev–Trinajstić information content (AvgIpc) is 3.36. The molecule has 1 aliphatic heterocycles. The van der Waals surface area contributed by atoms with Crippen LogP contribution in [-0.2, 0) is 17.6 Å². The highest BCUT2D eigenvalue weighted by Crippen LogP contribution is 2.53. The zero-order valence-corrected chi connectivity index (χ0v) is 27.4. The lowest BCUT2D eigenvalue weighted by Gasteiger charge is -2.37. The van der Waals surface area contributed by atoms with Crippen molar-refractivity contribution in [3.05, 3.63) is 93.8 Å². The lowest BCUT2D eigenvalue weighted by atomic mass is 9.82. The first kappa shape index (κ1) is 33.9. The minimum absolute atomic E-state index is 0.0509. The molecule has 0 aliphatic carbocycles. The van der Waals surface area contributed by atoms with E-state index in [0.29, 0.717) is 12.3 Å². The fourth-order valence-corrected chi connectivity index (χ4v) is 6.23. The third-order valence-corrected chi connectivity index (χ3v) is 8.03. The number of oxazole rings is 1. The first-order chi connectivity index (χ1) is 20.2. The molecule has 1 aliphatic rings. The summed E-state index contributed by atoms with van der Waals surface area (Å²) >= 11 is 1.72. The van der Waals surface area contributed by atoms with Gasteiger partial charge in [0.1, 0.15) is 11.5 Å². The van der Waals surface area contributed by atoms with Gasteiger partial charge in [-0.05, 0) is 100 Å². The number of carboxylic acid groups (broad SMARTS) is 1. The van der Waals surface area contributed by atoms with Crippen LogP contribution in [0.3, 0.4) is 0 Å². The fourth-order valence-electron chi connectivity index (χ4n) is 5.41. The predicted molar refractivity (Wildman–Crippen MR) is 175 cm³/mol. The van der Waals surface area contributed by atoms with Crippen molar-refractivity contribution in [2.75, 3.05) is 10.6 Å². The molecule has 0 bridgehead atoms. The van der Waals surface area contributed by atoms with Gasteiger partial charge >= 0.3 is 0 Å². The maximum absolute atomic E-state index is 13.4. The zero-order chi connectivity index (χ0) is 32.1. The molecule has 0 saturated heterocycles. The Balaban J connectivity index is 0.000000566. The van der Waals surface area contributed by atoms with Crippen molar-refractivity contribution in [2.45, 2.75) is 79.9 Å². The van der Waals surface area contributed by atoms with E-state index in [0.717, 1.165) is 29.0 Å². The van der Waals surface area contributed by atoms with Crippen LogP contribution in [0, 0.1) is 26.6 Å². The molecule has 230 valence electrons. The lowest BCUT2D eigenvalue weighted by molar-refractivity contribution is -0.122. The van der Waals surface area contributed by atoms with Crippen LogP contribution in [-0.4, -0.2) is 33.5 Å². The van der Waals surface area contributed by atoms with Crippen molar-refractivity contribution in [3.63, 3.8) is 0 Å². The van der Waals surface area contributed by atoms with Gasteiger partial charge in [0, 0.05) is 18.2 Å². The molecule has 0 amide bonds. The quantitative estimate of drug-likeness (QED) is 0.173. The molecule has 0 radical (unpaired) electrons. The first-order valence-corrected chi connectivity index (χ1v) is 15.5. The molecule has 5 rings (SSSR count). The number of aliphatic hydroxyl groups is 1. The van der Waals surface area contributed by atoms with E-state index in [1.54, 1.807) is 44.9 Å². The first-order valence-electron chi connectivity index (χ1n) is 14.4. The molecule has 43 heavy (non-hydrogen) atoms. The van der Waals surface area contributed by atoms with E-state index in [1.165, 1.54) is 51.2 Å². The number of aryl methyl sites for hydroxylation is 1. The molecule has 0 saturated carbocycles. The van der Waals surface area contributed by atoms with Crippen LogP contribution in [0.1, 0.15) is 80.1 Å². The predicted octanol–water partition coefficient (Wildman–Crippen LogP) is 8.86. The van der Waals surface area contributed by atoms with Crippen LogP contribution in [0.15, 0.2) is 52.9 Å². The van der Waals surface area contributed by atoms with Crippen LogP contribution < -0.4 is 4.31 Å². The van der Waals surface area contributed by atoms with Gasteiger partial charge < -0.3 is 18.9 Å². The van der Waals surface area contributed by atoms with Gasteiger partial charge in [0.2, 0.25) is 0 Å². The van der Waals surface area contributed by atoms with E-state index in [-0.39, 0.29) is 18.3 Å². The van der Waals surface area contributed by atoms with Crippen molar-refractivity contribution in [1.29, 1.82) is 0 Å². The molecular weight excluding hydrogens is 563 g/mol. The van der Waals surface area contributed by atoms with Crippen molar-refractivity contribution in [2.24, 2.45) is 0 Å². The Hall–Kier alpha value is -3.62. The Kier molecular flexibility index (Phi) is 11.2. The Morgan fingerprint density at radius 3 is 2.09 bits per heavy atom. The molecule has 1 unspecified atom stereocenters. The minimum Gasteiger partial charge on any atom is -0.483 e. The number of benzene rings is 3. The third kappa shape index (κ3) is 7.86. The summed E-state index contributed by atoms with van der Waals surface area (Å²) in [6.45, 7) is 16.0. The maximum atomic E-state index is 13.4. The summed E-state index contributed by atoms with van der Waals surface area (Å²) in [5.41, 5.74) is 11.5. The van der Waals surface area contributed by atoms with E-state index >= 15 is 0 Å². The normalized spacial score (nSPS) is 13.7. The zero-order valence-electron chi connectivity index (χ0n) is 26.6. The summed E-state index contributed by atoms with van der Waals surface area (Å²) in [7, 11) is 0. The molecule has 6 nitrogen and oxygen atoms in total. The van der Waals surface area contributed by atoms with Gasteiger partial charge in [-0.15, -0.1) is 0 Å². The second-order valence-electron chi connectivity index (χ2n) is 11.6.